The van der Waals surface area contributed by atoms with Crippen molar-refractivity contribution in [3.8, 4) is 11.5 Å². The van der Waals surface area contributed by atoms with E-state index in [9.17, 15) is 0 Å². The Kier molecular flexibility index (Phi) is 4.75. The van der Waals surface area contributed by atoms with Crippen LogP contribution in [-0.2, 0) is 0 Å². The summed E-state index contributed by atoms with van der Waals surface area (Å²) in [5, 5.41) is 2.35. The van der Waals surface area contributed by atoms with Crippen LogP contribution >= 0.6 is 0 Å². The van der Waals surface area contributed by atoms with Crippen molar-refractivity contribution in [2.75, 3.05) is 20.2 Å². The number of nitrogens with zero attached hydrogens (tertiary/aromatic N) is 2. The first-order valence-corrected chi connectivity index (χ1v) is 11.0. The summed E-state index contributed by atoms with van der Waals surface area (Å²) in [6.07, 6.45) is 4.23. The highest BCUT2D eigenvalue weighted by Crippen LogP contribution is 2.51. The van der Waals surface area contributed by atoms with Crippen molar-refractivity contribution >= 4 is 5.70 Å². The van der Waals surface area contributed by atoms with Gasteiger partial charge in [-0.1, -0.05) is 42.0 Å². The molecule has 5 rings (SSSR count). The lowest BCUT2D eigenvalue weighted by atomic mass is 9.92. The lowest BCUT2D eigenvalue weighted by Crippen LogP contribution is -2.64. The van der Waals surface area contributed by atoms with Crippen LogP contribution in [0.1, 0.15) is 49.4 Å². The first-order chi connectivity index (χ1) is 14.5. The second-order valence-electron chi connectivity index (χ2n) is 8.93. The molecule has 158 valence electrons. The molecule has 5 nitrogen and oxygen atoms in total. The van der Waals surface area contributed by atoms with Crippen LogP contribution in [0, 0.1) is 6.92 Å². The molecule has 3 aliphatic rings. The van der Waals surface area contributed by atoms with Crippen molar-refractivity contribution in [3.05, 3.63) is 65.2 Å². The number of hydrogen-bond acceptors (Lipinski definition) is 5. The zero-order chi connectivity index (χ0) is 20.9. The number of hydrazine groups is 1. The van der Waals surface area contributed by atoms with Crippen molar-refractivity contribution in [2.45, 2.75) is 51.4 Å². The predicted octanol–water partition coefficient (Wildman–Crippen LogP) is 4.50. The van der Waals surface area contributed by atoms with Crippen LogP contribution in [0.25, 0.3) is 5.70 Å². The molecule has 3 aliphatic heterocycles. The number of methoxy groups -OCH3 is 1. The van der Waals surface area contributed by atoms with E-state index in [4.69, 9.17) is 9.47 Å². The summed E-state index contributed by atoms with van der Waals surface area (Å²) in [5.41, 5.74) is 8.10. The van der Waals surface area contributed by atoms with Crippen LogP contribution in [0.5, 0.6) is 11.5 Å². The molecule has 0 amide bonds. The maximum absolute atomic E-state index is 6.81. The van der Waals surface area contributed by atoms with E-state index < -0.39 is 0 Å². The Balaban J connectivity index is 1.55. The molecule has 1 saturated heterocycles. The fourth-order valence-corrected chi connectivity index (χ4v) is 4.95. The molecular weight excluding hydrogens is 374 g/mol. The summed E-state index contributed by atoms with van der Waals surface area (Å²) >= 11 is 0. The highest BCUT2D eigenvalue weighted by Gasteiger charge is 2.52. The van der Waals surface area contributed by atoms with E-state index in [2.05, 4.69) is 78.6 Å². The lowest BCUT2D eigenvalue weighted by molar-refractivity contribution is -0.162. The quantitative estimate of drug-likeness (QED) is 0.814. The van der Waals surface area contributed by atoms with Crippen LogP contribution in [-0.4, -0.2) is 41.9 Å². The van der Waals surface area contributed by atoms with Gasteiger partial charge in [-0.3, -0.25) is 0 Å². The molecule has 5 heteroatoms. The SMILES string of the molecule is COc1cccc2c1OC1(CCN(C(C)C)CC1)N1NC(c3ccc(C)cc3)=C[C@@H]21. The molecule has 0 aliphatic carbocycles. The summed E-state index contributed by atoms with van der Waals surface area (Å²) in [4.78, 5) is 2.53. The van der Waals surface area contributed by atoms with Gasteiger partial charge in [0, 0.05) is 37.5 Å². The van der Waals surface area contributed by atoms with Crippen LogP contribution in [0.4, 0.5) is 0 Å². The Morgan fingerprint density at radius 1 is 1.10 bits per heavy atom. The molecule has 1 atom stereocenters. The smallest absolute Gasteiger partial charge is 0.183 e. The molecule has 30 heavy (non-hydrogen) atoms. The van der Waals surface area contributed by atoms with E-state index in [1.807, 2.05) is 6.07 Å². The third-order valence-corrected chi connectivity index (χ3v) is 6.79. The average molecular weight is 406 g/mol. The molecule has 0 radical (unpaired) electrons. The van der Waals surface area contributed by atoms with Gasteiger partial charge >= 0.3 is 0 Å². The van der Waals surface area contributed by atoms with E-state index >= 15 is 0 Å². The minimum absolute atomic E-state index is 0.116. The third kappa shape index (κ3) is 3.08. The predicted molar refractivity (Wildman–Crippen MR) is 119 cm³/mol. The highest BCUT2D eigenvalue weighted by molar-refractivity contribution is 5.68. The van der Waals surface area contributed by atoms with E-state index in [0.717, 1.165) is 48.7 Å². The molecule has 1 N–H and O–H groups in total. The zero-order valence-electron chi connectivity index (χ0n) is 18.3. The van der Waals surface area contributed by atoms with Gasteiger partial charge in [0.2, 0.25) is 0 Å². The number of nitrogens with one attached hydrogen (secondary N) is 1. The Hall–Kier alpha value is -2.50. The Morgan fingerprint density at radius 3 is 2.50 bits per heavy atom. The number of aryl methyl sites for hydroxylation is 1. The number of piperidine rings is 1. The highest BCUT2D eigenvalue weighted by atomic mass is 16.5. The molecule has 2 aromatic carbocycles. The number of hydrogen-bond donors (Lipinski definition) is 1. The van der Waals surface area contributed by atoms with Crippen molar-refractivity contribution < 1.29 is 9.47 Å². The van der Waals surface area contributed by atoms with Gasteiger partial charge in [-0.2, -0.15) is 5.01 Å². The van der Waals surface area contributed by atoms with Crippen LogP contribution in [0.3, 0.4) is 0 Å². The maximum Gasteiger partial charge on any atom is 0.183 e. The fourth-order valence-electron chi connectivity index (χ4n) is 4.95. The number of ether oxygens (including phenoxy) is 2. The topological polar surface area (TPSA) is 37.0 Å². The Bertz CT molecular complexity index is 959. The van der Waals surface area contributed by atoms with E-state index in [-0.39, 0.29) is 11.8 Å². The van der Waals surface area contributed by atoms with Crippen molar-refractivity contribution in [2.24, 2.45) is 0 Å². The monoisotopic (exact) mass is 405 g/mol. The van der Waals surface area contributed by atoms with Crippen molar-refractivity contribution in [1.29, 1.82) is 0 Å². The second-order valence-corrected chi connectivity index (χ2v) is 8.93. The van der Waals surface area contributed by atoms with Crippen molar-refractivity contribution in [3.63, 3.8) is 0 Å². The Labute approximate surface area is 179 Å². The van der Waals surface area contributed by atoms with E-state index in [1.54, 1.807) is 7.11 Å². The van der Waals surface area contributed by atoms with Gasteiger partial charge in [-0.25, -0.2) is 0 Å². The largest absolute Gasteiger partial charge is 0.493 e. The molecule has 0 aromatic heterocycles. The van der Waals surface area contributed by atoms with E-state index in [0.29, 0.717) is 6.04 Å². The second kappa shape index (κ2) is 7.33. The van der Waals surface area contributed by atoms with Gasteiger partial charge in [-0.05, 0) is 38.5 Å². The van der Waals surface area contributed by atoms with Gasteiger partial charge in [0.25, 0.3) is 0 Å². The molecule has 1 spiro atoms. The third-order valence-electron chi connectivity index (χ3n) is 6.79. The molecule has 0 bridgehead atoms. The first kappa shape index (κ1) is 19.5. The molecular formula is C25H31N3O2. The summed E-state index contributed by atoms with van der Waals surface area (Å²) in [6.45, 7) is 8.70. The Morgan fingerprint density at radius 2 is 1.83 bits per heavy atom. The van der Waals surface area contributed by atoms with Gasteiger partial charge in [0.15, 0.2) is 17.2 Å². The lowest BCUT2D eigenvalue weighted by Gasteiger charge is -2.52. The summed E-state index contributed by atoms with van der Waals surface area (Å²) in [6, 6.07) is 15.6. The summed E-state index contributed by atoms with van der Waals surface area (Å²) in [5.74, 6) is 1.71. The number of likely N-dealkylation sites (tertiary alicyclic amines) is 1. The molecule has 0 unspecified atom stereocenters. The van der Waals surface area contributed by atoms with Crippen LogP contribution < -0.4 is 14.9 Å². The molecule has 1 fully saturated rings. The van der Waals surface area contributed by atoms with Crippen LogP contribution in [0.2, 0.25) is 0 Å². The summed E-state index contributed by atoms with van der Waals surface area (Å²) < 4.78 is 12.5. The van der Waals surface area contributed by atoms with Crippen LogP contribution in [0.15, 0.2) is 48.5 Å². The van der Waals surface area contributed by atoms with E-state index in [1.165, 1.54) is 11.1 Å². The number of rotatable bonds is 3. The van der Waals surface area contributed by atoms with Gasteiger partial charge in [0.1, 0.15) is 0 Å². The zero-order valence-corrected chi connectivity index (χ0v) is 18.3. The van der Waals surface area contributed by atoms with Gasteiger partial charge in [-0.15, -0.1) is 0 Å². The minimum Gasteiger partial charge on any atom is -0.493 e. The molecule has 3 heterocycles. The summed E-state index contributed by atoms with van der Waals surface area (Å²) in [7, 11) is 1.72. The number of benzene rings is 2. The number of para-hydroxylation sites is 1. The van der Waals surface area contributed by atoms with Gasteiger partial charge in [0.05, 0.1) is 18.8 Å². The van der Waals surface area contributed by atoms with Crippen molar-refractivity contribution in [1.82, 2.24) is 15.3 Å². The maximum atomic E-state index is 6.81. The number of fused-ring (bicyclic) bond motifs is 4. The minimum atomic E-state index is -0.388. The average Bonchev–Trinajstić information content (AvgIpc) is 3.21. The normalized spacial score (nSPS) is 22.8. The van der Waals surface area contributed by atoms with Gasteiger partial charge < -0.3 is 19.8 Å². The standard InChI is InChI=1S/C25H31N3O2/c1-17(2)27-14-12-25(13-15-27)28-22(20-6-5-7-23(29-4)24(20)30-25)16-21(26-28)19-10-8-18(3)9-11-19/h5-11,16-17,22,26H,12-15H2,1-4H3/t22-/m0/s1. The first-order valence-electron chi connectivity index (χ1n) is 11.0. The molecule has 0 saturated carbocycles. The fraction of sp³-hybridized carbons (Fsp3) is 0.440. The molecule has 2 aromatic rings.